The molecule has 0 aliphatic carbocycles. The molecule has 13 heavy (non-hydrogen) atoms. The van der Waals surface area contributed by atoms with Crippen LogP contribution in [-0.4, -0.2) is 25.8 Å². The summed E-state index contributed by atoms with van der Waals surface area (Å²) < 4.78 is 10.0. The largest absolute Gasteiger partial charge is 0.462 e. The number of esters is 1. The lowest BCUT2D eigenvalue weighted by atomic mass is 10.2. The molecule has 0 heterocycles. The second-order valence-corrected chi connectivity index (χ2v) is 2.97. The van der Waals surface area contributed by atoms with E-state index in [9.17, 15) is 4.79 Å². The highest BCUT2D eigenvalue weighted by Gasteiger charge is 2.07. The predicted octanol–water partition coefficient (Wildman–Crippen LogP) is 1.92. The normalized spacial score (nSPS) is 12.2. The van der Waals surface area contributed by atoms with Crippen molar-refractivity contribution in [2.75, 3.05) is 13.7 Å². The fourth-order valence-electron chi connectivity index (χ4n) is 0.895. The van der Waals surface area contributed by atoms with Crippen molar-refractivity contribution < 1.29 is 14.3 Å². The predicted molar refractivity (Wildman–Crippen MR) is 51.5 cm³/mol. The van der Waals surface area contributed by atoms with E-state index in [4.69, 9.17) is 9.47 Å². The molecule has 0 saturated heterocycles. The molecule has 3 heteroatoms. The Morgan fingerprint density at radius 2 is 2.15 bits per heavy atom. The third kappa shape index (κ3) is 5.42. The first-order valence-electron chi connectivity index (χ1n) is 4.47. The first kappa shape index (κ1) is 12.2. The zero-order valence-electron chi connectivity index (χ0n) is 8.63. The number of hydrogen-bond acceptors (Lipinski definition) is 3. The summed E-state index contributed by atoms with van der Waals surface area (Å²) in [6, 6.07) is 0. The minimum Gasteiger partial charge on any atom is -0.462 e. The average molecular weight is 186 g/mol. The van der Waals surface area contributed by atoms with Crippen LogP contribution in [0.1, 0.15) is 26.7 Å². The van der Waals surface area contributed by atoms with E-state index in [-0.39, 0.29) is 12.1 Å². The Balaban J connectivity index is 3.54. The Bertz CT molecular complexity index is 171. The van der Waals surface area contributed by atoms with Gasteiger partial charge in [0.1, 0.15) is 0 Å². The molecule has 0 aromatic carbocycles. The molecule has 0 amide bonds. The Hall–Kier alpha value is -0.830. The standard InChI is InChI=1S/C10H18O3/c1-5-9(12-4)6-7-13-10(11)8(2)3/h9H,2,5-7H2,1,3-4H3. The van der Waals surface area contributed by atoms with E-state index in [0.717, 1.165) is 12.8 Å². The van der Waals surface area contributed by atoms with Gasteiger partial charge in [-0.1, -0.05) is 13.5 Å². The van der Waals surface area contributed by atoms with Gasteiger partial charge in [-0.2, -0.15) is 0 Å². The second kappa shape index (κ2) is 6.66. The minimum absolute atomic E-state index is 0.179. The molecule has 76 valence electrons. The summed E-state index contributed by atoms with van der Waals surface area (Å²) in [4.78, 5) is 10.9. The maximum atomic E-state index is 10.9. The van der Waals surface area contributed by atoms with Gasteiger partial charge in [0, 0.05) is 19.1 Å². The summed E-state index contributed by atoms with van der Waals surface area (Å²) in [5, 5.41) is 0. The molecule has 0 radical (unpaired) electrons. The van der Waals surface area contributed by atoms with Crippen molar-refractivity contribution >= 4 is 5.97 Å². The van der Waals surface area contributed by atoms with Crippen molar-refractivity contribution in [1.82, 2.24) is 0 Å². The van der Waals surface area contributed by atoms with Crippen LogP contribution in [0.15, 0.2) is 12.2 Å². The molecule has 0 bridgehead atoms. The Morgan fingerprint density at radius 3 is 2.54 bits per heavy atom. The molecule has 0 fully saturated rings. The zero-order valence-corrected chi connectivity index (χ0v) is 8.63. The van der Waals surface area contributed by atoms with Crippen LogP contribution in [0.25, 0.3) is 0 Å². The molecule has 0 saturated carbocycles. The number of ether oxygens (including phenoxy) is 2. The van der Waals surface area contributed by atoms with Crippen LogP contribution in [0.2, 0.25) is 0 Å². The van der Waals surface area contributed by atoms with E-state index >= 15 is 0 Å². The first-order chi connectivity index (χ1) is 6.11. The summed E-state index contributed by atoms with van der Waals surface area (Å²) in [7, 11) is 1.66. The molecular weight excluding hydrogens is 168 g/mol. The van der Waals surface area contributed by atoms with Gasteiger partial charge in [-0.15, -0.1) is 0 Å². The van der Waals surface area contributed by atoms with Crippen molar-refractivity contribution in [3.05, 3.63) is 12.2 Å². The van der Waals surface area contributed by atoms with Gasteiger partial charge >= 0.3 is 5.97 Å². The van der Waals surface area contributed by atoms with E-state index in [2.05, 4.69) is 6.58 Å². The van der Waals surface area contributed by atoms with E-state index in [1.807, 2.05) is 6.92 Å². The monoisotopic (exact) mass is 186 g/mol. The van der Waals surface area contributed by atoms with Crippen molar-refractivity contribution in [1.29, 1.82) is 0 Å². The van der Waals surface area contributed by atoms with Gasteiger partial charge in [0.25, 0.3) is 0 Å². The Kier molecular flexibility index (Phi) is 6.24. The maximum absolute atomic E-state index is 10.9. The second-order valence-electron chi connectivity index (χ2n) is 2.97. The van der Waals surface area contributed by atoms with Gasteiger partial charge < -0.3 is 9.47 Å². The molecule has 3 nitrogen and oxygen atoms in total. The molecule has 0 aromatic rings. The number of hydrogen-bond donors (Lipinski definition) is 0. The van der Waals surface area contributed by atoms with Gasteiger partial charge in [0.2, 0.25) is 0 Å². The fraction of sp³-hybridized carbons (Fsp3) is 0.700. The lowest BCUT2D eigenvalue weighted by Crippen LogP contribution is -2.15. The molecule has 0 aliphatic rings. The summed E-state index contributed by atoms with van der Waals surface area (Å²) in [6.45, 7) is 7.56. The van der Waals surface area contributed by atoms with Crippen LogP contribution in [0.5, 0.6) is 0 Å². The quantitative estimate of drug-likeness (QED) is 0.469. The highest BCUT2D eigenvalue weighted by Crippen LogP contribution is 2.03. The lowest BCUT2D eigenvalue weighted by Gasteiger charge is -2.12. The van der Waals surface area contributed by atoms with Crippen molar-refractivity contribution in [3.8, 4) is 0 Å². The van der Waals surface area contributed by atoms with E-state index in [0.29, 0.717) is 12.2 Å². The Morgan fingerprint density at radius 1 is 1.54 bits per heavy atom. The molecule has 0 aromatic heterocycles. The number of methoxy groups -OCH3 is 1. The van der Waals surface area contributed by atoms with Gasteiger partial charge in [0.15, 0.2) is 0 Å². The van der Waals surface area contributed by atoms with Crippen molar-refractivity contribution in [2.45, 2.75) is 32.8 Å². The number of carbonyl (C=O) groups excluding carboxylic acids is 1. The minimum atomic E-state index is -0.328. The van der Waals surface area contributed by atoms with E-state index in [1.165, 1.54) is 0 Å². The van der Waals surface area contributed by atoms with Gasteiger partial charge in [-0.3, -0.25) is 0 Å². The third-order valence-electron chi connectivity index (χ3n) is 1.81. The highest BCUT2D eigenvalue weighted by molar-refractivity contribution is 5.86. The summed E-state index contributed by atoms with van der Waals surface area (Å²) in [6.07, 6.45) is 1.85. The highest BCUT2D eigenvalue weighted by atomic mass is 16.5. The Labute approximate surface area is 79.7 Å². The number of carbonyl (C=O) groups is 1. The lowest BCUT2D eigenvalue weighted by molar-refractivity contribution is -0.139. The molecule has 0 aliphatic heterocycles. The molecule has 1 atom stereocenters. The van der Waals surface area contributed by atoms with Crippen LogP contribution in [0.4, 0.5) is 0 Å². The number of rotatable bonds is 6. The smallest absolute Gasteiger partial charge is 0.333 e. The topological polar surface area (TPSA) is 35.5 Å². The van der Waals surface area contributed by atoms with Crippen molar-refractivity contribution in [3.63, 3.8) is 0 Å². The third-order valence-corrected chi connectivity index (χ3v) is 1.81. The summed E-state index contributed by atoms with van der Waals surface area (Å²) >= 11 is 0. The van der Waals surface area contributed by atoms with Crippen LogP contribution >= 0.6 is 0 Å². The van der Waals surface area contributed by atoms with Crippen LogP contribution in [0.3, 0.4) is 0 Å². The van der Waals surface area contributed by atoms with Crippen LogP contribution < -0.4 is 0 Å². The first-order valence-corrected chi connectivity index (χ1v) is 4.47. The van der Waals surface area contributed by atoms with Crippen molar-refractivity contribution in [2.24, 2.45) is 0 Å². The maximum Gasteiger partial charge on any atom is 0.333 e. The molecular formula is C10H18O3. The van der Waals surface area contributed by atoms with Crippen LogP contribution in [-0.2, 0) is 14.3 Å². The van der Waals surface area contributed by atoms with E-state index < -0.39 is 0 Å². The summed E-state index contributed by atoms with van der Waals surface area (Å²) in [5.74, 6) is -0.328. The summed E-state index contributed by atoms with van der Waals surface area (Å²) in [5.41, 5.74) is 0.436. The zero-order chi connectivity index (χ0) is 10.3. The van der Waals surface area contributed by atoms with Gasteiger partial charge in [-0.05, 0) is 13.3 Å². The fourth-order valence-corrected chi connectivity index (χ4v) is 0.895. The SMILES string of the molecule is C=C(C)C(=O)OCCC(CC)OC. The molecule has 0 N–H and O–H groups in total. The van der Waals surface area contributed by atoms with Gasteiger partial charge in [0.05, 0.1) is 12.7 Å². The molecule has 0 spiro atoms. The molecule has 0 rings (SSSR count). The molecule has 1 unspecified atom stereocenters. The van der Waals surface area contributed by atoms with Crippen LogP contribution in [0, 0.1) is 0 Å². The van der Waals surface area contributed by atoms with E-state index in [1.54, 1.807) is 14.0 Å². The average Bonchev–Trinajstić information content (AvgIpc) is 2.12. The van der Waals surface area contributed by atoms with Gasteiger partial charge in [-0.25, -0.2) is 4.79 Å².